The third kappa shape index (κ3) is 6.53. The number of rotatable bonds is 6. The van der Waals surface area contributed by atoms with Gasteiger partial charge in [-0.15, -0.1) is 35.8 Å². The summed E-state index contributed by atoms with van der Waals surface area (Å²) < 4.78 is 0. The van der Waals surface area contributed by atoms with Crippen LogP contribution in [0.15, 0.2) is 171 Å². The second-order valence-electron chi connectivity index (χ2n) is 16.8. The van der Waals surface area contributed by atoms with E-state index in [1.54, 1.807) is 37.2 Å². The summed E-state index contributed by atoms with van der Waals surface area (Å²) in [6.45, 7) is 3.96. The van der Waals surface area contributed by atoms with Crippen LogP contribution in [0.4, 0.5) is 34.6 Å². The van der Waals surface area contributed by atoms with Crippen molar-refractivity contribution in [3.63, 3.8) is 0 Å². The number of nitrogens with zero attached hydrogens (tertiary/aromatic N) is 14. The van der Waals surface area contributed by atoms with Gasteiger partial charge in [-0.25, -0.2) is 19.9 Å². The van der Waals surface area contributed by atoms with Gasteiger partial charge in [-0.05, 0) is 59.6 Å². The van der Waals surface area contributed by atoms with Crippen LogP contribution in [0.25, 0.3) is 22.3 Å². The molecule has 0 amide bonds. The molecule has 14 nitrogen and oxygen atoms in total. The molecule has 0 fully saturated rings. The molecule has 0 radical (unpaired) electrons. The van der Waals surface area contributed by atoms with E-state index in [1.165, 1.54) is 0 Å². The van der Waals surface area contributed by atoms with Crippen molar-refractivity contribution in [2.24, 2.45) is 0 Å². The number of benzene rings is 4. The molecule has 16 heteroatoms. The van der Waals surface area contributed by atoms with Crippen molar-refractivity contribution in [2.45, 2.75) is 10.8 Å². The number of fused-ring (bicyclic) bond motifs is 8. The van der Waals surface area contributed by atoms with Crippen LogP contribution >= 0.6 is 0 Å². The minimum Gasteiger partial charge on any atom is -0.581 e. The smallest absolute Gasteiger partial charge is 0.143 e. The first-order chi connectivity index (χ1) is 33.6. The Labute approximate surface area is 432 Å². The Bertz CT molecular complexity index is 3210. The fourth-order valence-corrected chi connectivity index (χ4v) is 10.6. The van der Waals surface area contributed by atoms with Gasteiger partial charge in [-0.3, -0.25) is 9.97 Å². The summed E-state index contributed by atoms with van der Waals surface area (Å²) in [7, 11) is 3.93. The first-order valence-electron chi connectivity index (χ1n) is 22.0. The molecule has 14 rings (SSSR count). The van der Waals surface area contributed by atoms with E-state index in [1.807, 2.05) is 96.1 Å². The van der Waals surface area contributed by atoms with Gasteiger partial charge in [0.2, 0.25) is 0 Å². The summed E-state index contributed by atoms with van der Waals surface area (Å²) in [5.41, 5.74) is 13.2. The summed E-state index contributed by atoms with van der Waals surface area (Å²) in [6, 6.07) is 44.9. The normalized spacial score (nSPS) is 17.5. The molecule has 0 N–H and O–H groups in total. The monoisotopic (exact) mass is 1270 g/mol. The third-order valence-electron chi connectivity index (χ3n) is 13.3. The molecule has 4 aromatic carbocycles. The molecule has 70 heavy (non-hydrogen) atoms. The second-order valence-corrected chi connectivity index (χ2v) is 16.8. The van der Waals surface area contributed by atoms with Crippen LogP contribution in [-0.4, -0.2) is 54.2 Å². The van der Waals surface area contributed by atoms with Crippen LogP contribution in [0.5, 0.6) is 0 Å². The molecule has 8 heterocycles. The standard InChI is InChI=1S/2C27H18N7.2Pt/c2*1-33-17-34(26-25(33)29-13-14-30-26)19-6-4-5-18(15-19)27(24-10-12-31-32-24)22-8-3-2-7-20(22)21-16-28-11-9-23(21)27;;/h2*2-14,16-17H,1H3;;/q2*-3;;. The van der Waals surface area contributed by atoms with Gasteiger partial charge in [0.15, 0.2) is 0 Å². The fraction of sp³-hybridized carbons (Fsp3) is 0.0741. The Morgan fingerprint density at radius 2 is 0.857 bits per heavy atom. The third-order valence-corrected chi connectivity index (χ3v) is 13.3. The Kier molecular flexibility index (Phi) is 11.3. The molecule has 6 aromatic heterocycles. The molecule has 2 atom stereocenters. The van der Waals surface area contributed by atoms with E-state index in [0.29, 0.717) is 0 Å². The summed E-state index contributed by atoms with van der Waals surface area (Å²) in [6.07, 6.45) is 17.9. The molecule has 2 unspecified atom stereocenters. The van der Waals surface area contributed by atoms with Crippen LogP contribution in [-0.2, 0) is 53.0 Å². The fourth-order valence-electron chi connectivity index (χ4n) is 10.6. The average molecular weight is 1270 g/mol. The quantitative estimate of drug-likeness (QED) is 0.148. The zero-order valence-electron chi connectivity index (χ0n) is 37.2. The van der Waals surface area contributed by atoms with Gasteiger partial charge in [-0.2, -0.15) is 60.9 Å². The predicted octanol–water partition coefficient (Wildman–Crippen LogP) is 8.18. The first-order valence-corrected chi connectivity index (χ1v) is 22.0. The van der Waals surface area contributed by atoms with E-state index in [-0.39, 0.29) is 42.1 Å². The van der Waals surface area contributed by atoms with Crippen molar-refractivity contribution in [3.8, 4) is 22.3 Å². The maximum atomic E-state index is 4.58. The van der Waals surface area contributed by atoms with E-state index in [4.69, 9.17) is 0 Å². The van der Waals surface area contributed by atoms with E-state index in [0.717, 1.165) is 102 Å². The number of hydrogen-bond acceptors (Lipinski definition) is 12. The van der Waals surface area contributed by atoms with E-state index in [9.17, 15) is 0 Å². The summed E-state index contributed by atoms with van der Waals surface area (Å²) >= 11 is 0. The Balaban J connectivity index is 0.000000148. The largest absolute Gasteiger partial charge is 0.581 e. The van der Waals surface area contributed by atoms with Crippen LogP contribution in [0.2, 0.25) is 0 Å². The number of hydrogen-bond donors (Lipinski definition) is 0. The second kappa shape index (κ2) is 17.7. The van der Waals surface area contributed by atoms with E-state index in [2.05, 4.69) is 147 Å². The van der Waals surface area contributed by atoms with Crippen molar-refractivity contribution in [3.05, 3.63) is 241 Å². The van der Waals surface area contributed by atoms with Gasteiger partial charge >= 0.3 is 0 Å². The summed E-state index contributed by atoms with van der Waals surface area (Å²) in [5.74, 6) is 3.16. The predicted molar refractivity (Wildman–Crippen MR) is 257 cm³/mol. The SMILES string of the molecule is CN1[CH-]N(c2[c-]c(C3(c4cc[n-]n4)c4ccccc4-c4cnccc43)ccc2)c2nccnc21.CN1[CH-]N(c2[c-]c(C3(c4cc[n-]n4)c4ccccc4-c4cnccc43)ccc2)c2nccnc21.[Pt].[Pt]. The van der Waals surface area contributed by atoms with Crippen molar-refractivity contribution in [1.29, 1.82) is 0 Å². The van der Waals surface area contributed by atoms with Crippen molar-refractivity contribution < 1.29 is 42.1 Å². The zero-order valence-corrected chi connectivity index (χ0v) is 41.8. The van der Waals surface area contributed by atoms with Gasteiger partial charge in [0.1, 0.15) is 23.3 Å². The Morgan fingerprint density at radius 1 is 0.443 bits per heavy atom. The van der Waals surface area contributed by atoms with Gasteiger partial charge in [0, 0.05) is 114 Å². The van der Waals surface area contributed by atoms with Crippen molar-refractivity contribution in [2.75, 3.05) is 33.7 Å². The maximum absolute atomic E-state index is 4.58. The molecule has 0 bridgehead atoms. The summed E-state index contributed by atoms with van der Waals surface area (Å²) in [4.78, 5) is 34.9. The van der Waals surface area contributed by atoms with Gasteiger partial charge < -0.3 is 40.0 Å². The van der Waals surface area contributed by atoms with Crippen molar-refractivity contribution >= 4 is 34.6 Å². The molecular weight excluding hydrogens is 1230 g/mol. The average Bonchev–Trinajstić information content (AvgIpc) is 4.28. The molecule has 2 aliphatic heterocycles. The molecule has 4 aliphatic rings. The van der Waals surface area contributed by atoms with Crippen molar-refractivity contribution in [1.82, 2.24) is 50.3 Å². The van der Waals surface area contributed by atoms with Gasteiger partial charge in [0.05, 0.1) is 10.8 Å². The zero-order chi connectivity index (χ0) is 45.4. The summed E-state index contributed by atoms with van der Waals surface area (Å²) in [5, 5.41) is 17.6. The Hall–Kier alpha value is -7.66. The number of aromatic nitrogens is 10. The minimum atomic E-state index is -0.655. The van der Waals surface area contributed by atoms with E-state index < -0.39 is 10.8 Å². The molecule has 0 spiro atoms. The molecule has 0 saturated carbocycles. The minimum absolute atomic E-state index is 0. The number of pyridine rings is 2. The van der Waals surface area contributed by atoms with Crippen LogP contribution < -0.4 is 29.8 Å². The molecular formula is C54H36N14Pt2-6. The van der Waals surface area contributed by atoms with Crippen LogP contribution in [0.1, 0.15) is 44.8 Å². The molecule has 10 aromatic rings. The Morgan fingerprint density at radius 3 is 1.29 bits per heavy atom. The first kappa shape index (κ1) is 44.8. The molecule has 2 aliphatic carbocycles. The van der Waals surface area contributed by atoms with Crippen LogP contribution in [0.3, 0.4) is 0 Å². The van der Waals surface area contributed by atoms with E-state index >= 15 is 0 Å². The number of anilines is 6. The maximum Gasteiger partial charge on any atom is 0.143 e. The van der Waals surface area contributed by atoms with Gasteiger partial charge in [-0.1, -0.05) is 60.7 Å². The van der Waals surface area contributed by atoms with Crippen LogP contribution in [0, 0.1) is 25.5 Å². The molecule has 0 saturated heterocycles. The van der Waals surface area contributed by atoms with Gasteiger partial charge in [0.25, 0.3) is 0 Å². The topological polar surface area (TPSA) is 144 Å². The molecule has 348 valence electrons.